The van der Waals surface area contributed by atoms with Crippen molar-refractivity contribution in [2.75, 3.05) is 36.0 Å². The molecular weight excluding hydrogens is 362 g/mol. The quantitative estimate of drug-likeness (QED) is 0.572. The lowest BCUT2D eigenvalue weighted by Crippen LogP contribution is -2.47. The number of imidazole rings is 1. The molecule has 1 aliphatic rings. The molecule has 144 valence electrons. The molecule has 0 aliphatic carbocycles. The number of rotatable bonds is 2. The third-order valence-corrected chi connectivity index (χ3v) is 5.68. The summed E-state index contributed by atoms with van der Waals surface area (Å²) in [6.45, 7) is 5.49. The number of aromatic nitrogens is 2. The average Bonchev–Trinajstić information content (AvgIpc) is 3.13. The van der Waals surface area contributed by atoms with E-state index in [0.29, 0.717) is 5.56 Å². The molecule has 0 amide bonds. The molecule has 0 atom stereocenters. The molecule has 2 aromatic carbocycles. The van der Waals surface area contributed by atoms with Crippen molar-refractivity contribution < 1.29 is 5.11 Å². The van der Waals surface area contributed by atoms with Gasteiger partial charge >= 0.3 is 0 Å². The standard InChI is InChI=1S/C23H21N5O/c1-16-14-22(27-12-10-26(11-13-27)17-6-8-18(29)9-7-17)28-21-5-3-2-4-20(21)25-23(28)19(16)15-24/h2-9,14,29H,10-13H2,1H3. The molecule has 1 fully saturated rings. The highest BCUT2D eigenvalue weighted by atomic mass is 16.3. The van der Waals surface area contributed by atoms with Crippen LogP contribution in [0.15, 0.2) is 54.6 Å². The number of nitriles is 1. The van der Waals surface area contributed by atoms with Gasteiger partial charge in [-0.15, -0.1) is 0 Å². The molecule has 0 saturated carbocycles. The van der Waals surface area contributed by atoms with Crippen molar-refractivity contribution in [2.24, 2.45) is 0 Å². The molecule has 1 saturated heterocycles. The van der Waals surface area contributed by atoms with E-state index in [4.69, 9.17) is 4.98 Å². The van der Waals surface area contributed by atoms with E-state index in [1.165, 1.54) is 0 Å². The number of hydrogen-bond donors (Lipinski definition) is 1. The van der Waals surface area contributed by atoms with Crippen molar-refractivity contribution in [2.45, 2.75) is 6.92 Å². The number of pyridine rings is 1. The van der Waals surface area contributed by atoms with Gasteiger partial charge in [-0.2, -0.15) is 5.26 Å². The highest BCUT2D eigenvalue weighted by molar-refractivity contribution is 5.85. The zero-order chi connectivity index (χ0) is 20.0. The summed E-state index contributed by atoms with van der Waals surface area (Å²) in [7, 11) is 0. The average molecular weight is 383 g/mol. The summed E-state index contributed by atoms with van der Waals surface area (Å²) in [6, 6.07) is 19.8. The number of anilines is 2. The zero-order valence-electron chi connectivity index (χ0n) is 16.2. The van der Waals surface area contributed by atoms with Gasteiger partial charge in [0, 0.05) is 31.9 Å². The van der Waals surface area contributed by atoms with Gasteiger partial charge in [-0.3, -0.25) is 4.40 Å². The lowest BCUT2D eigenvalue weighted by molar-refractivity contribution is 0.475. The summed E-state index contributed by atoms with van der Waals surface area (Å²) < 4.78 is 2.12. The molecular formula is C23H21N5O. The summed E-state index contributed by atoms with van der Waals surface area (Å²) in [5.41, 5.74) is 5.36. The Morgan fingerprint density at radius 1 is 0.966 bits per heavy atom. The Labute approximate surface area is 168 Å². The summed E-state index contributed by atoms with van der Waals surface area (Å²) in [5, 5.41) is 19.2. The van der Waals surface area contributed by atoms with Gasteiger partial charge in [0.15, 0.2) is 5.65 Å². The minimum atomic E-state index is 0.287. The van der Waals surface area contributed by atoms with E-state index in [9.17, 15) is 10.4 Å². The SMILES string of the molecule is Cc1cc(N2CCN(c3ccc(O)cc3)CC2)n2c(nc3ccccc32)c1C#N. The molecule has 29 heavy (non-hydrogen) atoms. The fourth-order valence-corrected chi connectivity index (χ4v) is 4.16. The molecule has 0 spiro atoms. The minimum absolute atomic E-state index is 0.287. The first-order chi connectivity index (χ1) is 14.2. The van der Waals surface area contributed by atoms with Crippen molar-refractivity contribution in [3.8, 4) is 11.8 Å². The van der Waals surface area contributed by atoms with Gasteiger partial charge in [-0.1, -0.05) is 12.1 Å². The number of nitrogens with zero attached hydrogens (tertiary/aromatic N) is 5. The first kappa shape index (κ1) is 17.4. The fourth-order valence-electron chi connectivity index (χ4n) is 4.16. The third kappa shape index (κ3) is 2.83. The van der Waals surface area contributed by atoms with E-state index in [1.807, 2.05) is 37.3 Å². The van der Waals surface area contributed by atoms with Gasteiger partial charge in [0.25, 0.3) is 0 Å². The first-order valence-electron chi connectivity index (χ1n) is 9.75. The maximum atomic E-state index is 9.68. The highest BCUT2D eigenvalue weighted by Gasteiger charge is 2.22. The minimum Gasteiger partial charge on any atom is -0.508 e. The summed E-state index contributed by atoms with van der Waals surface area (Å²) in [6.07, 6.45) is 0. The van der Waals surface area contributed by atoms with Gasteiger partial charge < -0.3 is 14.9 Å². The van der Waals surface area contributed by atoms with Gasteiger partial charge in [0.1, 0.15) is 17.6 Å². The molecule has 5 rings (SSSR count). The normalized spacial score (nSPS) is 14.5. The van der Waals surface area contributed by atoms with Crippen LogP contribution in [0.3, 0.4) is 0 Å². The molecule has 2 aromatic heterocycles. The van der Waals surface area contributed by atoms with Crippen molar-refractivity contribution in [3.63, 3.8) is 0 Å². The molecule has 0 bridgehead atoms. The first-order valence-corrected chi connectivity index (χ1v) is 9.75. The largest absolute Gasteiger partial charge is 0.508 e. The molecule has 6 heteroatoms. The number of fused-ring (bicyclic) bond motifs is 3. The highest BCUT2D eigenvalue weighted by Crippen LogP contribution is 2.30. The number of piperazine rings is 1. The zero-order valence-corrected chi connectivity index (χ0v) is 16.2. The molecule has 1 N–H and O–H groups in total. The van der Waals surface area contributed by atoms with Crippen molar-refractivity contribution in [3.05, 3.63) is 65.7 Å². The second-order valence-corrected chi connectivity index (χ2v) is 7.42. The predicted octanol–water partition coefficient (Wildman–Crippen LogP) is 3.70. The number of benzene rings is 2. The number of para-hydroxylation sites is 2. The third-order valence-electron chi connectivity index (χ3n) is 5.68. The van der Waals surface area contributed by atoms with Crippen LogP contribution < -0.4 is 9.80 Å². The molecule has 1 aliphatic heterocycles. The van der Waals surface area contributed by atoms with Crippen LogP contribution in [0.1, 0.15) is 11.1 Å². The van der Waals surface area contributed by atoms with Crippen LogP contribution in [-0.2, 0) is 0 Å². The van der Waals surface area contributed by atoms with E-state index in [0.717, 1.165) is 59.9 Å². The lowest BCUT2D eigenvalue weighted by atomic mass is 10.1. The Balaban J connectivity index is 1.54. The number of hydrogen-bond acceptors (Lipinski definition) is 5. The number of phenolic OH excluding ortho intramolecular Hbond substituents is 1. The second-order valence-electron chi connectivity index (χ2n) is 7.42. The number of aromatic hydroxyl groups is 1. The Kier molecular flexibility index (Phi) is 4.02. The Morgan fingerprint density at radius 2 is 1.66 bits per heavy atom. The molecule has 0 radical (unpaired) electrons. The Bertz CT molecular complexity index is 1240. The molecule has 6 nitrogen and oxygen atoms in total. The monoisotopic (exact) mass is 383 g/mol. The molecule has 4 aromatic rings. The maximum Gasteiger partial charge on any atom is 0.157 e. The van der Waals surface area contributed by atoms with Gasteiger partial charge in [0.05, 0.1) is 16.6 Å². The van der Waals surface area contributed by atoms with Crippen molar-refractivity contribution >= 4 is 28.2 Å². The van der Waals surface area contributed by atoms with Crippen LogP contribution in [0, 0.1) is 18.3 Å². The van der Waals surface area contributed by atoms with Crippen LogP contribution in [0.4, 0.5) is 11.5 Å². The Hall–Kier alpha value is -3.72. The number of aryl methyl sites for hydroxylation is 1. The Morgan fingerprint density at radius 3 is 2.38 bits per heavy atom. The van der Waals surface area contributed by atoms with E-state index in [-0.39, 0.29) is 5.75 Å². The predicted molar refractivity (Wildman–Crippen MR) is 115 cm³/mol. The smallest absolute Gasteiger partial charge is 0.157 e. The van der Waals surface area contributed by atoms with Gasteiger partial charge in [0.2, 0.25) is 0 Å². The second kappa shape index (κ2) is 6.71. The van der Waals surface area contributed by atoms with Gasteiger partial charge in [-0.05, 0) is 55.0 Å². The van der Waals surface area contributed by atoms with Crippen LogP contribution in [-0.4, -0.2) is 40.7 Å². The van der Waals surface area contributed by atoms with E-state index >= 15 is 0 Å². The van der Waals surface area contributed by atoms with Crippen LogP contribution >= 0.6 is 0 Å². The summed E-state index contributed by atoms with van der Waals surface area (Å²) in [5.74, 6) is 1.37. The van der Waals surface area contributed by atoms with E-state index in [2.05, 4.69) is 32.4 Å². The maximum absolute atomic E-state index is 9.68. The number of phenols is 1. The van der Waals surface area contributed by atoms with Crippen molar-refractivity contribution in [1.29, 1.82) is 5.26 Å². The van der Waals surface area contributed by atoms with Crippen LogP contribution in [0.2, 0.25) is 0 Å². The van der Waals surface area contributed by atoms with Gasteiger partial charge in [-0.25, -0.2) is 4.98 Å². The van der Waals surface area contributed by atoms with Crippen molar-refractivity contribution in [1.82, 2.24) is 9.38 Å². The summed E-state index contributed by atoms with van der Waals surface area (Å²) in [4.78, 5) is 9.45. The fraction of sp³-hybridized carbons (Fsp3) is 0.217. The molecule has 0 unspecified atom stereocenters. The topological polar surface area (TPSA) is 67.8 Å². The molecule has 3 heterocycles. The lowest BCUT2D eigenvalue weighted by Gasteiger charge is -2.37. The summed E-state index contributed by atoms with van der Waals surface area (Å²) >= 11 is 0. The van der Waals surface area contributed by atoms with E-state index in [1.54, 1.807) is 12.1 Å². The van der Waals surface area contributed by atoms with Crippen LogP contribution in [0.25, 0.3) is 16.7 Å². The van der Waals surface area contributed by atoms with E-state index < -0.39 is 0 Å². The van der Waals surface area contributed by atoms with Crippen LogP contribution in [0.5, 0.6) is 5.75 Å².